The highest BCUT2D eigenvalue weighted by Crippen LogP contribution is 2.07. The minimum atomic E-state index is -0.625. The van der Waals surface area contributed by atoms with Crippen LogP contribution in [-0.2, 0) is 28.4 Å². The van der Waals surface area contributed by atoms with E-state index in [1.54, 1.807) is 52.0 Å². The van der Waals surface area contributed by atoms with Crippen molar-refractivity contribution in [2.75, 3.05) is 52.9 Å². The number of hydrogen-bond donors (Lipinski definition) is 0. The molecule has 0 N–H and O–H groups in total. The molecule has 0 bridgehead atoms. The van der Waals surface area contributed by atoms with Gasteiger partial charge in [-0.3, -0.25) is 0 Å². The minimum Gasteiger partial charge on any atom is -0.488 e. The average molecular weight is 1090 g/mol. The number of allylic oxidation sites excluding steroid dienone is 3. The quantitative estimate of drug-likeness (QED) is 0.0447. The highest BCUT2D eigenvalue weighted by atomic mass is 16.5. The predicted molar refractivity (Wildman–Crippen MR) is 306 cm³/mol. The summed E-state index contributed by atoms with van der Waals surface area (Å²) in [6, 6.07) is 22.4. The number of ether oxygens (including phenoxy) is 6. The van der Waals surface area contributed by atoms with Gasteiger partial charge in [0.05, 0.1) is 147 Å². The van der Waals surface area contributed by atoms with Crippen LogP contribution in [0.2, 0.25) is 0 Å². The fourth-order valence-corrected chi connectivity index (χ4v) is 2.78. The molecule has 0 rings (SSSR count). The van der Waals surface area contributed by atoms with Gasteiger partial charge < -0.3 is 28.4 Å². The fraction of sp³-hybridized carbons (Fsp3) is 0.397. The van der Waals surface area contributed by atoms with Crippen LogP contribution in [0.15, 0.2) is 48.7 Å². The second-order valence-electron chi connectivity index (χ2n) is 13.6. The van der Waals surface area contributed by atoms with Crippen LogP contribution in [0.25, 0.3) is 0 Å². The molecule has 18 nitrogen and oxygen atoms in total. The molecule has 0 saturated carbocycles. The summed E-state index contributed by atoms with van der Waals surface area (Å²) in [6.07, 6.45) is 53.5. The van der Waals surface area contributed by atoms with Crippen LogP contribution >= 0.6 is 0 Å². The first-order chi connectivity index (χ1) is 38.4. The SMILES string of the molecule is C.C#CC(C)(C)OCCC#N.C#CCC(C#N)C#N.C#CCC(C)C#N.C#CCCC(C#N)C#N.C#CCO/C=C(\C)C#N.C#CCO/C=C/C#N.C#CCO/C=C/C#N.C#CCOCC(=C)C#N.C#CCOCC(C#N)CCC#N. The zero-order valence-corrected chi connectivity index (χ0v) is 45.5. The molecule has 0 amide bonds. The third-order valence-corrected chi connectivity index (χ3v) is 6.52. The molecule has 81 heavy (non-hydrogen) atoms. The Morgan fingerprint density at radius 3 is 1.33 bits per heavy atom. The van der Waals surface area contributed by atoms with E-state index in [1.165, 1.54) is 30.9 Å². The number of terminal acetylenes is 9. The van der Waals surface area contributed by atoms with Crippen molar-refractivity contribution in [1.29, 1.82) is 63.1 Å². The van der Waals surface area contributed by atoms with Crippen molar-refractivity contribution >= 4 is 0 Å². The Morgan fingerprint density at radius 1 is 0.531 bits per heavy atom. The lowest BCUT2D eigenvalue weighted by atomic mass is 10.1. The van der Waals surface area contributed by atoms with Crippen molar-refractivity contribution < 1.29 is 28.4 Å². The lowest BCUT2D eigenvalue weighted by Gasteiger charge is -2.16. The van der Waals surface area contributed by atoms with Gasteiger partial charge in [0.25, 0.3) is 0 Å². The highest BCUT2D eigenvalue weighted by molar-refractivity contribution is 5.16. The van der Waals surface area contributed by atoms with E-state index in [0.717, 1.165) is 0 Å². The van der Waals surface area contributed by atoms with E-state index in [-0.39, 0.29) is 65.3 Å². The maximum atomic E-state index is 8.56. The minimum absolute atomic E-state index is 0. The van der Waals surface area contributed by atoms with Crippen LogP contribution in [0.3, 0.4) is 0 Å². The number of nitriles is 12. The maximum Gasteiger partial charge on any atom is 0.147 e. The van der Waals surface area contributed by atoms with Crippen LogP contribution < -0.4 is 0 Å². The monoisotopic (exact) mass is 1090 g/mol. The zero-order chi connectivity index (χ0) is 63.2. The van der Waals surface area contributed by atoms with E-state index >= 15 is 0 Å². The Morgan fingerprint density at radius 2 is 1.00 bits per heavy atom. The lowest BCUT2D eigenvalue weighted by molar-refractivity contribution is 0.0308. The van der Waals surface area contributed by atoms with Gasteiger partial charge in [-0.15, -0.1) is 75.6 Å². The molecule has 0 radical (unpaired) electrons. The van der Waals surface area contributed by atoms with Gasteiger partial charge >= 0.3 is 0 Å². The molecule has 0 spiro atoms. The zero-order valence-electron chi connectivity index (χ0n) is 45.5. The van der Waals surface area contributed by atoms with Gasteiger partial charge in [0, 0.05) is 31.3 Å². The molecule has 0 aliphatic heterocycles. The van der Waals surface area contributed by atoms with E-state index in [1.807, 2.05) is 42.5 Å². The largest absolute Gasteiger partial charge is 0.488 e. The van der Waals surface area contributed by atoms with E-state index in [4.69, 9.17) is 140 Å². The van der Waals surface area contributed by atoms with Gasteiger partial charge in [-0.2, -0.15) is 63.1 Å². The first-order valence-electron chi connectivity index (χ1n) is 22.4. The van der Waals surface area contributed by atoms with Crippen molar-refractivity contribution in [3.8, 4) is 184 Å². The van der Waals surface area contributed by atoms with Gasteiger partial charge in [-0.1, -0.05) is 49.5 Å². The van der Waals surface area contributed by atoms with Crippen molar-refractivity contribution in [1.82, 2.24) is 0 Å². The van der Waals surface area contributed by atoms with E-state index in [2.05, 4.69) is 75.4 Å². The van der Waals surface area contributed by atoms with Gasteiger partial charge in [0.2, 0.25) is 0 Å². The van der Waals surface area contributed by atoms with E-state index < -0.39 is 17.4 Å². The Bertz CT molecular complexity index is 2650. The average Bonchev–Trinajstić information content (AvgIpc) is 3.47. The smallest absolute Gasteiger partial charge is 0.147 e. The molecule has 0 aliphatic carbocycles. The molecule has 0 aliphatic rings. The van der Waals surface area contributed by atoms with Crippen LogP contribution in [0, 0.1) is 271 Å². The fourth-order valence-electron chi connectivity index (χ4n) is 2.78. The summed E-state index contributed by atoms with van der Waals surface area (Å²) in [5, 5.41) is 97.8. The topological polar surface area (TPSA) is 341 Å². The highest BCUT2D eigenvalue weighted by Gasteiger charge is 2.12. The normalized spacial score (nSPS) is 8.68. The Balaban J connectivity index is -0.0000000877. The first-order valence-corrected chi connectivity index (χ1v) is 22.4. The summed E-state index contributed by atoms with van der Waals surface area (Å²) in [5.41, 5.74) is 0.382. The summed E-state index contributed by atoms with van der Waals surface area (Å²) in [6.45, 7) is 12.5. The summed E-state index contributed by atoms with van der Waals surface area (Å²) >= 11 is 0. The van der Waals surface area contributed by atoms with Crippen LogP contribution in [0.1, 0.15) is 80.1 Å². The van der Waals surface area contributed by atoms with Gasteiger partial charge in [-0.05, 0) is 40.5 Å². The van der Waals surface area contributed by atoms with Crippen LogP contribution in [0.4, 0.5) is 0 Å². The Kier molecular flexibility index (Phi) is 99.6. The standard InChI is InChI=1S/C9H10N2O.C8H11NO.C7H6N2.2C7H7NO.C6H4N2.2C6H5NO.C6H7N.CH4/c1-2-6-12-8-9(7-11)4-3-5-10;1-4-8(2,3)10-7-5-6-9;1-2-3-4-7(5-8)6-9;2*1-3-4-9-6-7(2)5-8;1-2-3-6(4-7)5-8;2*1-2-5-8-6-3-4-7;1-3-4-6(2)5-7;/h1,9H,3-4,6,8H2;1H,5,7H2,2-3H3;1,7H,3-4H2;1,6H,4H2,2H3;1H,2,4,6H2;1,6H,3H2;2*1,3,6H,5H2;1,6H,4H2,2H3;1H4/b;;;7-6+;;;2*6-3+;;. The van der Waals surface area contributed by atoms with E-state index in [0.29, 0.717) is 62.9 Å². The predicted octanol–water partition coefficient (Wildman–Crippen LogP) is 9.08. The van der Waals surface area contributed by atoms with Crippen molar-refractivity contribution in [2.45, 2.75) is 85.7 Å². The maximum absolute atomic E-state index is 8.56. The molecule has 0 heterocycles. The molecule has 18 heteroatoms. The van der Waals surface area contributed by atoms with Gasteiger partial charge in [0.15, 0.2) is 0 Å². The molecule has 414 valence electrons. The molecular formula is C63H66N12O6. The van der Waals surface area contributed by atoms with E-state index in [9.17, 15) is 0 Å². The van der Waals surface area contributed by atoms with Crippen molar-refractivity contribution in [3.05, 3.63) is 48.7 Å². The van der Waals surface area contributed by atoms with Crippen molar-refractivity contribution in [2.24, 2.45) is 23.7 Å². The molecule has 0 aromatic carbocycles. The molecular weight excluding hydrogens is 1020 g/mol. The first kappa shape index (κ1) is 91.8. The Hall–Kier alpha value is -11.8. The summed E-state index contributed by atoms with van der Waals surface area (Å²) in [4.78, 5) is 0. The third kappa shape index (κ3) is 110. The lowest BCUT2D eigenvalue weighted by Crippen LogP contribution is -2.21. The Labute approximate surface area is 484 Å². The molecule has 0 fully saturated rings. The van der Waals surface area contributed by atoms with Crippen LogP contribution in [-0.4, -0.2) is 58.5 Å². The molecule has 2 atom stereocenters. The summed E-state index contributed by atoms with van der Waals surface area (Å²) in [7, 11) is 0. The molecule has 2 unspecified atom stereocenters. The number of nitrogens with zero attached hydrogens (tertiary/aromatic N) is 12. The third-order valence-electron chi connectivity index (χ3n) is 6.52. The molecule has 0 saturated heterocycles. The summed E-state index contributed by atoms with van der Waals surface area (Å²) in [5.74, 6) is 19.4. The number of rotatable bonds is 21. The second-order valence-corrected chi connectivity index (χ2v) is 13.6. The van der Waals surface area contributed by atoms with Crippen molar-refractivity contribution in [3.63, 3.8) is 0 Å². The summed E-state index contributed by atoms with van der Waals surface area (Å²) < 4.78 is 28.8. The van der Waals surface area contributed by atoms with Gasteiger partial charge in [0.1, 0.15) is 50.5 Å². The van der Waals surface area contributed by atoms with Gasteiger partial charge in [-0.25, -0.2) is 0 Å². The van der Waals surface area contributed by atoms with Crippen LogP contribution in [0.5, 0.6) is 0 Å². The number of hydrogen-bond acceptors (Lipinski definition) is 18. The second kappa shape index (κ2) is 87.8. The molecule has 0 aromatic rings. The molecule has 0 aromatic heterocycles.